The Bertz CT molecular complexity index is 501. The molecule has 0 bridgehead atoms. The van der Waals surface area contributed by atoms with Gasteiger partial charge in [0.25, 0.3) is 0 Å². The predicted octanol–water partition coefficient (Wildman–Crippen LogP) is -2.43. The first-order chi connectivity index (χ1) is 7.36. The molecule has 85 valence electrons. The molecule has 1 aromatic rings. The minimum atomic E-state index is 0. The Kier molecular flexibility index (Phi) is 6.34. The number of rotatable bonds is 1. The van der Waals surface area contributed by atoms with Crippen LogP contribution in [0.2, 0.25) is 0 Å². The van der Waals surface area contributed by atoms with Crippen molar-refractivity contribution >= 4 is 6.08 Å². The van der Waals surface area contributed by atoms with E-state index in [1.807, 2.05) is 0 Å². The van der Waals surface area contributed by atoms with Crippen molar-refractivity contribution in [1.82, 2.24) is 0 Å². The van der Waals surface area contributed by atoms with Crippen molar-refractivity contribution in [3.8, 4) is 0 Å². The van der Waals surface area contributed by atoms with Crippen LogP contribution >= 0.6 is 0 Å². The van der Waals surface area contributed by atoms with Crippen molar-refractivity contribution < 1.29 is 72.7 Å². The number of benzene rings is 1. The van der Waals surface area contributed by atoms with Gasteiger partial charge in [0.2, 0.25) is 0 Å². The van der Waals surface area contributed by atoms with Gasteiger partial charge in [-0.05, 0) is 0 Å². The molecule has 2 aliphatic rings. The van der Waals surface area contributed by atoms with Crippen molar-refractivity contribution in [2.24, 2.45) is 0 Å². The molecule has 1 atom stereocenters. The van der Waals surface area contributed by atoms with Crippen molar-refractivity contribution in [1.29, 1.82) is 0 Å². The summed E-state index contributed by atoms with van der Waals surface area (Å²) in [5.41, 5.74) is 5.98. The Morgan fingerprint density at radius 2 is 1.88 bits per heavy atom. The molecule has 0 heterocycles. The van der Waals surface area contributed by atoms with Gasteiger partial charge in [0.05, 0.1) is 0 Å². The molecule has 0 fully saturated rings. The Morgan fingerprint density at radius 3 is 2.53 bits per heavy atom. The van der Waals surface area contributed by atoms with E-state index in [0.717, 1.165) is 6.42 Å². The van der Waals surface area contributed by atoms with Gasteiger partial charge in [0.15, 0.2) is 0 Å². The summed E-state index contributed by atoms with van der Waals surface area (Å²) in [4.78, 5) is 0. The van der Waals surface area contributed by atoms with E-state index in [1.54, 1.807) is 30.3 Å². The van der Waals surface area contributed by atoms with Gasteiger partial charge in [-0.15, -0.1) is 0 Å². The summed E-state index contributed by atoms with van der Waals surface area (Å²) in [5, 5.41) is 0. The molecule has 0 radical (unpaired) electrons. The second-order valence-electron chi connectivity index (χ2n) is 3.99. The Balaban J connectivity index is 0.000000722. The third-order valence-corrected chi connectivity index (χ3v) is 4.60. The van der Waals surface area contributed by atoms with Gasteiger partial charge in [-0.3, -0.25) is 0 Å². The fraction of sp³-hybridized carbons (Fsp3) is 0.143. The summed E-state index contributed by atoms with van der Waals surface area (Å²) in [6.07, 6.45) is 10.1. The fourth-order valence-electron chi connectivity index (χ4n) is 2.26. The normalized spacial score (nSPS) is 20.0. The Morgan fingerprint density at radius 1 is 1.12 bits per heavy atom. The first-order valence-corrected chi connectivity index (χ1v) is 6.66. The summed E-state index contributed by atoms with van der Waals surface area (Å²) in [7, 11) is 0. The zero-order valence-electron chi connectivity index (χ0n) is 9.16. The van der Waals surface area contributed by atoms with Crippen LogP contribution in [0.15, 0.2) is 53.6 Å². The molecule has 1 aromatic carbocycles. The second kappa shape index (κ2) is 6.81. The van der Waals surface area contributed by atoms with Crippen LogP contribution < -0.4 is 48.0 Å². The van der Waals surface area contributed by atoms with Gasteiger partial charge in [-0.2, -0.15) is 0 Å². The van der Waals surface area contributed by atoms with Crippen LogP contribution in [0.5, 0.6) is 0 Å². The zero-order chi connectivity index (χ0) is 10.3. The number of hydrogen-bond donors (Lipinski definition) is 0. The number of halogens is 2. The maximum absolute atomic E-state index is 2.37. The Labute approximate surface area is 152 Å². The van der Waals surface area contributed by atoms with E-state index in [-0.39, 0.29) is 48.0 Å². The van der Waals surface area contributed by atoms with E-state index in [4.69, 9.17) is 0 Å². The van der Waals surface area contributed by atoms with Crippen LogP contribution in [0.3, 0.4) is 0 Å². The molecule has 1 unspecified atom stereocenters. The summed E-state index contributed by atoms with van der Waals surface area (Å²) in [6, 6.07) is 8.76. The first kappa shape index (κ1) is 15.8. The van der Waals surface area contributed by atoms with Crippen LogP contribution in [-0.4, -0.2) is 0 Å². The van der Waals surface area contributed by atoms with Crippen molar-refractivity contribution in [2.75, 3.05) is 0 Å². The monoisotopic (exact) mass is 523 g/mol. The molecule has 0 aromatic heterocycles. The van der Waals surface area contributed by atoms with E-state index in [9.17, 15) is 0 Å². The molecule has 2 aliphatic carbocycles. The molecule has 0 amide bonds. The summed E-state index contributed by atoms with van der Waals surface area (Å²) >= 11 is 1.59. The van der Waals surface area contributed by atoms with Gasteiger partial charge in [-0.25, -0.2) is 0 Å². The number of allylic oxidation sites excluding steroid dienone is 5. The molecule has 0 saturated heterocycles. The van der Waals surface area contributed by atoms with Gasteiger partial charge < -0.3 is 48.0 Å². The standard InChI is InChI=1S/C14H11.2HI.Zr/c1-2-6-11(5-1)14-9-12-7-3-4-8-13(12)10-14;;;/h1-5,7-10H,6H2;2*1H;/q;;;+2/p-2. The van der Waals surface area contributed by atoms with Crippen LogP contribution in [0.1, 0.15) is 21.2 Å². The van der Waals surface area contributed by atoms with Crippen LogP contribution in [-0.2, 0) is 24.7 Å². The van der Waals surface area contributed by atoms with Gasteiger partial charge in [-0.1, -0.05) is 0 Å². The summed E-state index contributed by atoms with van der Waals surface area (Å²) in [6.45, 7) is 0. The predicted molar refractivity (Wildman–Crippen MR) is 59.0 cm³/mol. The van der Waals surface area contributed by atoms with Crippen molar-refractivity contribution in [3.05, 3.63) is 64.8 Å². The molecule has 0 N–H and O–H groups in total. The SMILES string of the molecule is [I-].[I-].[Zr+2][CH]1C(C2=CC=CC2)=Cc2ccccc21. The molecule has 3 heteroatoms. The average molecular weight is 524 g/mol. The minimum absolute atomic E-state index is 0. The third-order valence-electron chi connectivity index (χ3n) is 3.07. The van der Waals surface area contributed by atoms with Gasteiger partial charge in [0, 0.05) is 0 Å². The molecule has 3 rings (SSSR count). The van der Waals surface area contributed by atoms with Gasteiger partial charge in [0.1, 0.15) is 0 Å². The zero-order valence-corrected chi connectivity index (χ0v) is 15.9. The van der Waals surface area contributed by atoms with E-state index < -0.39 is 0 Å². The fourth-order valence-corrected chi connectivity index (χ4v) is 3.57. The van der Waals surface area contributed by atoms with E-state index in [0.29, 0.717) is 3.63 Å². The third kappa shape index (κ3) is 3.03. The van der Waals surface area contributed by atoms with E-state index in [2.05, 4.69) is 48.6 Å². The summed E-state index contributed by atoms with van der Waals surface area (Å²) < 4.78 is 0.652. The second-order valence-corrected chi connectivity index (χ2v) is 5.40. The van der Waals surface area contributed by atoms with Gasteiger partial charge >= 0.3 is 106 Å². The maximum atomic E-state index is 2.37. The molecule has 17 heavy (non-hydrogen) atoms. The van der Waals surface area contributed by atoms with Crippen LogP contribution in [0.25, 0.3) is 6.08 Å². The first-order valence-electron chi connectivity index (χ1n) is 5.24. The number of hydrogen-bond acceptors (Lipinski definition) is 0. The molecule has 0 aliphatic heterocycles. The van der Waals surface area contributed by atoms with Crippen molar-refractivity contribution in [2.45, 2.75) is 10.0 Å². The average Bonchev–Trinajstić information content (AvgIpc) is 2.87. The quantitative estimate of drug-likeness (QED) is 0.359. The Hall–Kier alpha value is 0.783. The van der Waals surface area contributed by atoms with Crippen LogP contribution in [0, 0.1) is 0 Å². The molecular weight excluding hydrogens is 513 g/mol. The molecular formula is C14H11I2Zr. The summed E-state index contributed by atoms with van der Waals surface area (Å²) in [5.74, 6) is 0. The van der Waals surface area contributed by atoms with E-state index >= 15 is 0 Å². The molecule has 0 saturated carbocycles. The topological polar surface area (TPSA) is 0 Å². The molecule has 0 spiro atoms. The van der Waals surface area contributed by atoms with Crippen molar-refractivity contribution in [3.63, 3.8) is 0 Å². The molecule has 0 nitrogen and oxygen atoms in total. The van der Waals surface area contributed by atoms with Crippen LogP contribution in [0.4, 0.5) is 0 Å². The van der Waals surface area contributed by atoms with E-state index in [1.165, 1.54) is 16.7 Å². The number of fused-ring (bicyclic) bond motifs is 1.